The predicted octanol–water partition coefficient (Wildman–Crippen LogP) is 1.59. The van der Waals surface area contributed by atoms with Crippen molar-refractivity contribution in [2.24, 2.45) is 5.73 Å². The molecular formula is C10H12ClNO3. The molecule has 0 saturated heterocycles. The molecule has 82 valence electrons. The second kappa shape index (κ2) is 5.00. The molecule has 0 unspecified atom stereocenters. The van der Waals surface area contributed by atoms with Gasteiger partial charge in [0.25, 0.3) is 0 Å². The monoisotopic (exact) mass is 229 g/mol. The molecule has 5 heteroatoms. The Bertz CT molecular complexity index is 379. The summed E-state index contributed by atoms with van der Waals surface area (Å²) < 4.78 is 4.85. The molecule has 0 fully saturated rings. The minimum absolute atomic E-state index is 0.109. The van der Waals surface area contributed by atoms with Gasteiger partial charge >= 0.3 is 0 Å². The van der Waals surface area contributed by atoms with E-state index < -0.39 is 0 Å². The first-order valence-electron chi connectivity index (χ1n) is 4.40. The highest BCUT2D eigenvalue weighted by Gasteiger charge is 2.13. The lowest BCUT2D eigenvalue weighted by Crippen LogP contribution is -2.08. The van der Waals surface area contributed by atoms with Crippen LogP contribution in [-0.2, 0) is 0 Å². The molecule has 1 aromatic rings. The van der Waals surface area contributed by atoms with Gasteiger partial charge in [0, 0.05) is 18.1 Å². The lowest BCUT2D eigenvalue weighted by molar-refractivity contribution is 0.0985. The number of methoxy groups -OCH3 is 1. The molecule has 0 aromatic heterocycles. The van der Waals surface area contributed by atoms with E-state index in [-0.39, 0.29) is 40.8 Å². The maximum atomic E-state index is 11.5. The summed E-state index contributed by atoms with van der Waals surface area (Å²) in [5.41, 5.74) is 5.52. The average molecular weight is 230 g/mol. The zero-order valence-corrected chi connectivity index (χ0v) is 9.04. The molecule has 15 heavy (non-hydrogen) atoms. The van der Waals surface area contributed by atoms with Gasteiger partial charge in [-0.05, 0) is 12.6 Å². The number of Topliss-reactive ketones (excluding diaryl/α,β-unsaturated/α-hetero) is 1. The molecule has 3 N–H and O–H groups in total. The number of rotatable bonds is 4. The fourth-order valence-corrected chi connectivity index (χ4v) is 1.45. The first kappa shape index (κ1) is 11.8. The van der Waals surface area contributed by atoms with E-state index in [0.717, 1.165) is 0 Å². The number of hydrogen-bond acceptors (Lipinski definition) is 4. The smallest absolute Gasteiger partial charge is 0.165 e. The van der Waals surface area contributed by atoms with Crippen LogP contribution in [0.2, 0.25) is 5.02 Å². The zero-order chi connectivity index (χ0) is 11.4. The van der Waals surface area contributed by atoms with Crippen molar-refractivity contribution in [1.29, 1.82) is 0 Å². The van der Waals surface area contributed by atoms with Gasteiger partial charge < -0.3 is 15.6 Å². The third-order valence-electron chi connectivity index (χ3n) is 1.94. The van der Waals surface area contributed by atoms with Crippen LogP contribution in [0, 0.1) is 0 Å². The van der Waals surface area contributed by atoms with E-state index in [1.54, 1.807) is 0 Å². The van der Waals surface area contributed by atoms with Crippen LogP contribution in [0.25, 0.3) is 0 Å². The highest BCUT2D eigenvalue weighted by Crippen LogP contribution is 2.32. The Kier molecular flexibility index (Phi) is 3.94. The van der Waals surface area contributed by atoms with E-state index in [2.05, 4.69) is 0 Å². The van der Waals surface area contributed by atoms with Crippen LogP contribution in [0.1, 0.15) is 16.8 Å². The van der Waals surface area contributed by atoms with Crippen LogP contribution in [0.4, 0.5) is 0 Å². The van der Waals surface area contributed by atoms with E-state index in [1.165, 1.54) is 19.2 Å². The van der Waals surface area contributed by atoms with Gasteiger partial charge in [-0.25, -0.2) is 0 Å². The van der Waals surface area contributed by atoms with Crippen molar-refractivity contribution in [2.75, 3.05) is 13.7 Å². The van der Waals surface area contributed by atoms with Crippen molar-refractivity contribution in [3.8, 4) is 11.5 Å². The van der Waals surface area contributed by atoms with Crippen LogP contribution in [-0.4, -0.2) is 24.5 Å². The molecule has 0 atom stereocenters. The average Bonchev–Trinajstić information content (AvgIpc) is 2.21. The minimum Gasteiger partial charge on any atom is -0.504 e. The van der Waals surface area contributed by atoms with Gasteiger partial charge in [-0.2, -0.15) is 0 Å². The fourth-order valence-electron chi connectivity index (χ4n) is 1.19. The minimum atomic E-state index is -0.194. The number of aromatic hydroxyl groups is 1. The van der Waals surface area contributed by atoms with Gasteiger partial charge in [0.15, 0.2) is 17.3 Å². The van der Waals surface area contributed by atoms with Crippen LogP contribution in [0.3, 0.4) is 0 Å². The highest BCUT2D eigenvalue weighted by atomic mass is 35.5. The molecule has 0 saturated carbocycles. The summed E-state index contributed by atoms with van der Waals surface area (Å²) in [5, 5.41) is 9.72. The molecule has 4 nitrogen and oxygen atoms in total. The topological polar surface area (TPSA) is 72.5 Å². The number of ketones is 1. The molecule has 0 spiro atoms. The van der Waals surface area contributed by atoms with E-state index in [9.17, 15) is 9.90 Å². The van der Waals surface area contributed by atoms with Crippen LogP contribution in [0.15, 0.2) is 12.1 Å². The van der Waals surface area contributed by atoms with Crippen LogP contribution < -0.4 is 10.5 Å². The normalized spacial score (nSPS) is 10.1. The maximum Gasteiger partial charge on any atom is 0.165 e. The molecule has 0 radical (unpaired) electrons. The van der Waals surface area contributed by atoms with Crippen molar-refractivity contribution in [2.45, 2.75) is 6.42 Å². The summed E-state index contributed by atoms with van der Waals surface area (Å²) >= 11 is 5.86. The van der Waals surface area contributed by atoms with Crippen molar-refractivity contribution in [3.05, 3.63) is 22.7 Å². The van der Waals surface area contributed by atoms with Gasteiger partial charge in [-0.3, -0.25) is 4.79 Å². The first-order chi connectivity index (χ1) is 7.10. The van der Waals surface area contributed by atoms with E-state index in [4.69, 9.17) is 22.1 Å². The summed E-state index contributed by atoms with van der Waals surface area (Å²) in [7, 11) is 1.41. The number of halogens is 1. The van der Waals surface area contributed by atoms with Crippen LogP contribution in [0.5, 0.6) is 11.5 Å². The summed E-state index contributed by atoms with van der Waals surface area (Å²) in [6.45, 7) is 0.252. The second-order valence-corrected chi connectivity index (χ2v) is 3.37. The number of phenols is 1. The van der Waals surface area contributed by atoms with Gasteiger partial charge in [0.1, 0.15) is 0 Å². The van der Waals surface area contributed by atoms with Crippen molar-refractivity contribution >= 4 is 17.4 Å². The summed E-state index contributed by atoms with van der Waals surface area (Å²) in [5.74, 6) is -0.0629. The maximum absolute atomic E-state index is 11.5. The van der Waals surface area contributed by atoms with Gasteiger partial charge in [0.05, 0.1) is 12.1 Å². The Morgan fingerprint density at radius 1 is 1.60 bits per heavy atom. The largest absolute Gasteiger partial charge is 0.504 e. The van der Waals surface area contributed by atoms with E-state index in [1.807, 2.05) is 0 Å². The Morgan fingerprint density at radius 2 is 2.27 bits per heavy atom. The van der Waals surface area contributed by atoms with Gasteiger partial charge in [0.2, 0.25) is 0 Å². The molecule has 0 bridgehead atoms. The zero-order valence-electron chi connectivity index (χ0n) is 8.29. The molecular weight excluding hydrogens is 218 g/mol. The number of phenolic OH excluding ortho intramolecular Hbond substituents is 1. The SMILES string of the molecule is COc1cc(Cl)c(C(=O)CCN)cc1O. The summed E-state index contributed by atoms with van der Waals surface area (Å²) in [6, 6.07) is 2.69. The summed E-state index contributed by atoms with van der Waals surface area (Å²) in [6.07, 6.45) is 0.200. The van der Waals surface area contributed by atoms with Crippen molar-refractivity contribution < 1.29 is 14.6 Å². The molecule has 0 aliphatic carbocycles. The predicted molar refractivity (Wildman–Crippen MR) is 57.7 cm³/mol. The number of carbonyl (C=O) groups is 1. The molecule has 0 aliphatic rings. The highest BCUT2D eigenvalue weighted by molar-refractivity contribution is 6.34. The third-order valence-corrected chi connectivity index (χ3v) is 2.25. The Balaban J connectivity index is 3.10. The van der Waals surface area contributed by atoms with Gasteiger partial charge in [-0.15, -0.1) is 0 Å². The van der Waals surface area contributed by atoms with Gasteiger partial charge in [-0.1, -0.05) is 11.6 Å². The number of hydrogen-bond donors (Lipinski definition) is 2. The Morgan fingerprint density at radius 3 is 2.80 bits per heavy atom. The fraction of sp³-hybridized carbons (Fsp3) is 0.300. The van der Waals surface area contributed by atoms with E-state index in [0.29, 0.717) is 0 Å². The van der Waals surface area contributed by atoms with Crippen molar-refractivity contribution in [3.63, 3.8) is 0 Å². The molecule has 0 heterocycles. The molecule has 1 rings (SSSR count). The third kappa shape index (κ3) is 2.61. The lowest BCUT2D eigenvalue weighted by Gasteiger charge is -2.07. The number of carbonyl (C=O) groups excluding carboxylic acids is 1. The van der Waals surface area contributed by atoms with E-state index >= 15 is 0 Å². The molecule has 0 amide bonds. The number of benzene rings is 1. The Hall–Kier alpha value is -1.26. The quantitative estimate of drug-likeness (QED) is 0.769. The molecule has 0 aliphatic heterocycles. The van der Waals surface area contributed by atoms with Crippen LogP contribution >= 0.6 is 11.6 Å². The molecule has 1 aromatic carbocycles. The van der Waals surface area contributed by atoms with Crippen molar-refractivity contribution in [1.82, 2.24) is 0 Å². The summed E-state index contributed by atoms with van der Waals surface area (Å²) in [4.78, 5) is 11.5. The Labute approximate surface area is 92.6 Å². The second-order valence-electron chi connectivity index (χ2n) is 2.97. The lowest BCUT2D eigenvalue weighted by atomic mass is 10.1. The number of ether oxygens (including phenoxy) is 1. The standard InChI is InChI=1S/C10H12ClNO3/c1-15-10-5-7(11)6(4-9(10)14)8(13)2-3-12/h4-5,14H,2-3,12H2,1H3. The first-order valence-corrected chi connectivity index (χ1v) is 4.77. The number of nitrogens with two attached hydrogens (primary N) is 1.